The molecule has 0 radical (unpaired) electrons. The van der Waals surface area contributed by atoms with Crippen LogP contribution >= 0.6 is 0 Å². The van der Waals surface area contributed by atoms with Crippen molar-refractivity contribution in [3.63, 3.8) is 0 Å². The van der Waals surface area contributed by atoms with Gasteiger partial charge >= 0.3 is 0 Å². The third-order valence-corrected chi connectivity index (χ3v) is 4.79. The van der Waals surface area contributed by atoms with Crippen LogP contribution in [0.2, 0.25) is 0 Å². The van der Waals surface area contributed by atoms with Gasteiger partial charge in [0.2, 0.25) is 0 Å². The SMILES string of the molecule is C=CCOc1ccc(C(=O)N/N=C/c2ccc(OCc3cccc(F)c3)c(OCC)c2)cc1OCC. The Morgan fingerprint density at radius 2 is 1.64 bits per heavy atom. The molecule has 0 aliphatic heterocycles. The van der Waals surface area contributed by atoms with Crippen molar-refractivity contribution in [2.75, 3.05) is 19.8 Å². The van der Waals surface area contributed by atoms with E-state index < -0.39 is 5.91 Å². The molecule has 0 spiro atoms. The molecule has 188 valence electrons. The van der Waals surface area contributed by atoms with Gasteiger partial charge < -0.3 is 18.9 Å². The first-order chi connectivity index (χ1) is 17.5. The fourth-order valence-corrected chi connectivity index (χ4v) is 3.20. The number of carbonyl (C=O) groups excluding carboxylic acids is 1. The third kappa shape index (κ3) is 7.59. The smallest absolute Gasteiger partial charge is 0.271 e. The van der Waals surface area contributed by atoms with E-state index in [4.69, 9.17) is 18.9 Å². The molecule has 8 heteroatoms. The highest BCUT2D eigenvalue weighted by Crippen LogP contribution is 2.30. The summed E-state index contributed by atoms with van der Waals surface area (Å²) in [5, 5.41) is 4.05. The molecule has 0 heterocycles. The quantitative estimate of drug-likeness (QED) is 0.193. The molecule has 0 saturated heterocycles. The average molecular weight is 493 g/mol. The summed E-state index contributed by atoms with van der Waals surface area (Å²) < 4.78 is 36.0. The summed E-state index contributed by atoms with van der Waals surface area (Å²) in [7, 11) is 0. The van der Waals surface area contributed by atoms with Crippen LogP contribution in [0.4, 0.5) is 4.39 Å². The summed E-state index contributed by atoms with van der Waals surface area (Å²) in [6.45, 7) is 8.73. The van der Waals surface area contributed by atoms with E-state index in [1.165, 1.54) is 18.3 Å². The Morgan fingerprint density at radius 1 is 0.917 bits per heavy atom. The number of benzene rings is 3. The maximum atomic E-state index is 13.4. The van der Waals surface area contributed by atoms with Crippen LogP contribution in [0.3, 0.4) is 0 Å². The minimum absolute atomic E-state index is 0.197. The first-order valence-electron chi connectivity index (χ1n) is 11.5. The van der Waals surface area contributed by atoms with E-state index in [1.54, 1.807) is 54.6 Å². The van der Waals surface area contributed by atoms with E-state index in [1.807, 2.05) is 13.8 Å². The fourth-order valence-electron chi connectivity index (χ4n) is 3.20. The monoisotopic (exact) mass is 492 g/mol. The number of rotatable bonds is 13. The van der Waals surface area contributed by atoms with Crippen molar-refractivity contribution in [1.82, 2.24) is 5.43 Å². The van der Waals surface area contributed by atoms with Crippen molar-refractivity contribution < 1.29 is 28.1 Å². The number of ether oxygens (including phenoxy) is 4. The van der Waals surface area contributed by atoms with Gasteiger partial charge in [-0.3, -0.25) is 4.79 Å². The molecule has 0 bridgehead atoms. The van der Waals surface area contributed by atoms with Crippen LogP contribution in [0.5, 0.6) is 23.0 Å². The van der Waals surface area contributed by atoms with E-state index >= 15 is 0 Å². The summed E-state index contributed by atoms with van der Waals surface area (Å²) in [5.74, 6) is 1.31. The molecule has 3 aromatic carbocycles. The van der Waals surface area contributed by atoms with Gasteiger partial charge in [-0.2, -0.15) is 5.10 Å². The molecule has 0 aliphatic carbocycles. The lowest BCUT2D eigenvalue weighted by molar-refractivity contribution is 0.0954. The lowest BCUT2D eigenvalue weighted by Gasteiger charge is -2.13. The number of carbonyl (C=O) groups is 1. The average Bonchev–Trinajstić information content (AvgIpc) is 2.88. The second-order valence-corrected chi connectivity index (χ2v) is 7.45. The lowest BCUT2D eigenvalue weighted by Crippen LogP contribution is -2.17. The van der Waals surface area contributed by atoms with Gasteiger partial charge in [0, 0.05) is 5.56 Å². The molecule has 7 nitrogen and oxygen atoms in total. The Labute approximate surface area is 210 Å². The number of halogens is 1. The molecular weight excluding hydrogens is 463 g/mol. The molecule has 1 amide bonds. The van der Waals surface area contributed by atoms with Crippen LogP contribution in [0.15, 0.2) is 78.4 Å². The van der Waals surface area contributed by atoms with Gasteiger partial charge in [0.25, 0.3) is 5.91 Å². The number of nitrogens with one attached hydrogen (secondary N) is 1. The van der Waals surface area contributed by atoms with E-state index in [0.29, 0.717) is 59.5 Å². The van der Waals surface area contributed by atoms with Gasteiger partial charge in [0.05, 0.1) is 19.4 Å². The van der Waals surface area contributed by atoms with Crippen LogP contribution < -0.4 is 24.4 Å². The molecule has 0 atom stereocenters. The molecule has 1 N–H and O–H groups in total. The van der Waals surface area contributed by atoms with E-state index in [0.717, 1.165) is 0 Å². The number of hydrogen-bond acceptors (Lipinski definition) is 6. The van der Waals surface area contributed by atoms with Crippen molar-refractivity contribution in [1.29, 1.82) is 0 Å². The predicted molar refractivity (Wildman–Crippen MR) is 137 cm³/mol. The Kier molecular flexibility index (Phi) is 9.88. The topological polar surface area (TPSA) is 78.4 Å². The highest BCUT2D eigenvalue weighted by atomic mass is 19.1. The minimum atomic E-state index is -0.400. The molecule has 3 aromatic rings. The van der Waals surface area contributed by atoms with Crippen LogP contribution in [-0.2, 0) is 6.61 Å². The Morgan fingerprint density at radius 3 is 2.36 bits per heavy atom. The Hall–Kier alpha value is -4.33. The molecule has 0 aromatic heterocycles. The second-order valence-electron chi connectivity index (χ2n) is 7.45. The first-order valence-corrected chi connectivity index (χ1v) is 11.5. The molecule has 0 fully saturated rings. The Bertz CT molecular complexity index is 1210. The zero-order valence-corrected chi connectivity index (χ0v) is 20.3. The number of hydrazone groups is 1. The predicted octanol–water partition coefficient (Wildman–Crippen LogP) is 5.53. The van der Waals surface area contributed by atoms with Crippen molar-refractivity contribution in [3.8, 4) is 23.0 Å². The van der Waals surface area contributed by atoms with Gasteiger partial charge in [-0.25, -0.2) is 9.82 Å². The van der Waals surface area contributed by atoms with Crippen molar-refractivity contribution in [2.24, 2.45) is 5.10 Å². The molecule has 36 heavy (non-hydrogen) atoms. The highest BCUT2D eigenvalue weighted by molar-refractivity contribution is 5.95. The van der Waals surface area contributed by atoms with Crippen LogP contribution in [-0.4, -0.2) is 31.9 Å². The number of nitrogens with zero attached hydrogens (tertiary/aromatic N) is 1. The van der Waals surface area contributed by atoms with Gasteiger partial charge in [-0.05, 0) is 73.5 Å². The normalized spacial score (nSPS) is 10.6. The Balaban J connectivity index is 1.66. The van der Waals surface area contributed by atoms with Crippen molar-refractivity contribution >= 4 is 12.1 Å². The summed E-state index contributed by atoms with van der Waals surface area (Å²) in [4.78, 5) is 12.6. The van der Waals surface area contributed by atoms with Gasteiger partial charge in [-0.1, -0.05) is 24.8 Å². The largest absolute Gasteiger partial charge is 0.490 e. The van der Waals surface area contributed by atoms with Gasteiger partial charge in [0.1, 0.15) is 19.0 Å². The van der Waals surface area contributed by atoms with Crippen molar-refractivity contribution in [2.45, 2.75) is 20.5 Å². The van der Waals surface area contributed by atoms with Crippen LogP contribution in [0, 0.1) is 5.82 Å². The molecule has 0 aliphatic rings. The zero-order valence-electron chi connectivity index (χ0n) is 20.3. The summed E-state index contributed by atoms with van der Waals surface area (Å²) in [5.41, 5.74) is 4.28. The first kappa shape index (κ1) is 26.3. The standard InChI is InChI=1S/C28H29FN2O5/c1-4-14-35-24-13-11-22(17-27(24)34-6-3)28(32)31-30-18-20-10-12-25(26(16-20)33-5-2)36-19-21-8-7-9-23(29)15-21/h4,7-13,15-18H,1,5-6,14,19H2,2-3H3,(H,31,32)/b30-18+. The minimum Gasteiger partial charge on any atom is -0.490 e. The van der Waals surface area contributed by atoms with Crippen molar-refractivity contribution in [3.05, 3.63) is 95.8 Å². The van der Waals surface area contributed by atoms with E-state index in [9.17, 15) is 9.18 Å². The van der Waals surface area contributed by atoms with E-state index in [2.05, 4.69) is 17.1 Å². The summed E-state index contributed by atoms with van der Waals surface area (Å²) in [6, 6.07) is 16.4. The third-order valence-electron chi connectivity index (χ3n) is 4.79. The van der Waals surface area contributed by atoms with E-state index in [-0.39, 0.29) is 12.4 Å². The highest BCUT2D eigenvalue weighted by Gasteiger charge is 2.12. The zero-order chi connectivity index (χ0) is 25.8. The molecule has 0 saturated carbocycles. The maximum Gasteiger partial charge on any atom is 0.271 e. The number of amides is 1. The molecule has 0 unspecified atom stereocenters. The van der Waals surface area contributed by atoms with Gasteiger partial charge in [0.15, 0.2) is 23.0 Å². The maximum absolute atomic E-state index is 13.4. The summed E-state index contributed by atoms with van der Waals surface area (Å²) >= 11 is 0. The lowest BCUT2D eigenvalue weighted by atomic mass is 10.2. The fraction of sp³-hybridized carbons (Fsp3) is 0.214. The number of hydrogen-bond donors (Lipinski definition) is 1. The summed E-state index contributed by atoms with van der Waals surface area (Å²) in [6.07, 6.45) is 3.13. The second kappa shape index (κ2) is 13.5. The van der Waals surface area contributed by atoms with Crippen LogP contribution in [0.1, 0.15) is 35.3 Å². The molecule has 3 rings (SSSR count). The molecular formula is C28H29FN2O5. The van der Waals surface area contributed by atoms with Gasteiger partial charge in [-0.15, -0.1) is 0 Å². The van der Waals surface area contributed by atoms with Crippen LogP contribution in [0.25, 0.3) is 0 Å².